The summed E-state index contributed by atoms with van der Waals surface area (Å²) in [7, 11) is 0. The van der Waals surface area contributed by atoms with Crippen LogP contribution in [0.1, 0.15) is 37.5 Å². The van der Waals surface area contributed by atoms with Crippen LogP contribution in [0.5, 0.6) is 0 Å². The normalized spacial score (nSPS) is 20.4. The van der Waals surface area contributed by atoms with Gasteiger partial charge in [-0.1, -0.05) is 19.9 Å². The number of nitrogens with zero attached hydrogens (tertiary/aromatic N) is 1. The van der Waals surface area contributed by atoms with E-state index in [1.165, 1.54) is 37.4 Å². The Morgan fingerprint density at radius 2 is 2.11 bits per heavy atom. The molecule has 0 saturated carbocycles. The number of hydrogen-bond acceptors (Lipinski definition) is 3. The largest absolute Gasteiger partial charge is 0.330 e. The number of likely N-dealkylation sites (tertiary alicyclic amines) is 1. The van der Waals surface area contributed by atoms with Crippen molar-refractivity contribution in [1.29, 1.82) is 0 Å². The molecule has 3 heteroatoms. The van der Waals surface area contributed by atoms with Crippen molar-refractivity contribution in [2.45, 2.75) is 32.6 Å². The number of thiophene rings is 1. The molecule has 1 atom stereocenters. The summed E-state index contributed by atoms with van der Waals surface area (Å²) >= 11 is 1.87. The highest BCUT2D eigenvalue weighted by Crippen LogP contribution is 2.34. The number of rotatable bonds is 5. The first-order valence-electron chi connectivity index (χ1n) is 7.16. The minimum Gasteiger partial charge on any atom is -0.330 e. The zero-order valence-corrected chi connectivity index (χ0v) is 12.5. The van der Waals surface area contributed by atoms with Gasteiger partial charge in [-0.2, -0.15) is 0 Å². The van der Waals surface area contributed by atoms with Gasteiger partial charge in [0.25, 0.3) is 0 Å². The SMILES string of the molecule is CC(C)CN1CCC(C(CN)c2cccs2)CC1. The van der Waals surface area contributed by atoms with E-state index in [1.807, 2.05) is 11.3 Å². The molecule has 0 aliphatic carbocycles. The Hall–Kier alpha value is -0.380. The van der Waals surface area contributed by atoms with E-state index < -0.39 is 0 Å². The van der Waals surface area contributed by atoms with E-state index in [0.29, 0.717) is 5.92 Å². The van der Waals surface area contributed by atoms with Gasteiger partial charge >= 0.3 is 0 Å². The molecular weight excluding hydrogens is 240 g/mol. The second kappa shape index (κ2) is 6.69. The summed E-state index contributed by atoms with van der Waals surface area (Å²) in [6.45, 7) is 9.17. The third kappa shape index (κ3) is 3.56. The maximum absolute atomic E-state index is 6.00. The van der Waals surface area contributed by atoms with Gasteiger partial charge in [-0.05, 0) is 49.2 Å². The fraction of sp³-hybridized carbons (Fsp3) is 0.733. The van der Waals surface area contributed by atoms with Gasteiger partial charge in [-0.25, -0.2) is 0 Å². The summed E-state index contributed by atoms with van der Waals surface area (Å²) in [5.41, 5.74) is 6.00. The summed E-state index contributed by atoms with van der Waals surface area (Å²) in [5.74, 6) is 2.16. The Bertz CT molecular complexity index is 326. The van der Waals surface area contributed by atoms with E-state index in [4.69, 9.17) is 5.73 Å². The topological polar surface area (TPSA) is 29.3 Å². The van der Waals surface area contributed by atoms with Gasteiger partial charge in [0.05, 0.1) is 0 Å². The van der Waals surface area contributed by atoms with Gasteiger partial charge in [0.2, 0.25) is 0 Å². The molecule has 1 aromatic rings. The van der Waals surface area contributed by atoms with Gasteiger partial charge in [0, 0.05) is 23.9 Å². The lowest BCUT2D eigenvalue weighted by Gasteiger charge is -2.36. The standard InChI is InChI=1S/C15H26N2S/c1-12(2)11-17-7-5-13(6-8-17)14(10-16)15-4-3-9-18-15/h3-4,9,12-14H,5-8,10-11,16H2,1-2H3. The third-order valence-electron chi connectivity index (χ3n) is 3.99. The van der Waals surface area contributed by atoms with Crippen molar-refractivity contribution in [3.63, 3.8) is 0 Å². The average molecular weight is 266 g/mol. The summed E-state index contributed by atoms with van der Waals surface area (Å²) in [6, 6.07) is 4.40. The predicted molar refractivity (Wildman–Crippen MR) is 80.1 cm³/mol. The number of nitrogens with two attached hydrogens (primary N) is 1. The van der Waals surface area contributed by atoms with Crippen LogP contribution in [0, 0.1) is 11.8 Å². The van der Waals surface area contributed by atoms with E-state index in [0.717, 1.165) is 18.4 Å². The van der Waals surface area contributed by atoms with Crippen LogP contribution in [0.2, 0.25) is 0 Å². The van der Waals surface area contributed by atoms with Gasteiger partial charge in [-0.3, -0.25) is 0 Å². The molecule has 2 heterocycles. The molecule has 2 N–H and O–H groups in total. The molecule has 18 heavy (non-hydrogen) atoms. The van der Waals surface area contributed by atoms with Gasteiger partial charge < -0.3 is 10.6 Å². The Balaban J connectivity index is 1.88. The Kier molecular flexibility index (Phi) is 5.22. The second-order valence-corrected chi connectivity index (χ2v) is 6.87. The van der Waals surface area contributed by atoms with E-state index in [2.05, 4.69) is 36.3 Å². The summed E-state index contributed by atoms with van der Waals surface area (Å²) in [6.07, 6.45) is 2.62. The molecule has 1 fully saturated rings. The van der Waals surface area contributed by atoms with Crippen LogP contribution in [0.4, 0.5) is 0 Å². The molecule has 1 unspecified atom stereocenters. The van der Waals surface area contributed by atoms with Crippen LogP contribution in [-0.4, -0.2) is 31.1 Å². The highest BCUT2D eigenvalue weighted by molar-refractivity contribution is 7.10. The fourth-order valence-electron chi connectivity index (χ4n) is 3.10. The first kappa shape index (κ1) is 14.0. The molecule has 1 aliphatic rings. The van der Waals surface area contributed by atoms with E-state index in [-0.39, 0.29) is 0 Å². The molecule has 0 radical (unpaired) electrons. The van der Waals surface area contributed by atoms with E-state index >= 15 is 0 Å². The minimum atomic E-state index is 0.589. The zero-order valence-electron chi connectivity index (χ0n) is 11.6. The maximum atomic E-state index is 6.00. The fourth-order valence-corrected chi connectivity index (χ4v) is 4.03. The van der Waals surface area contributed by atoms with Gasteiger partial charge in [-0.15, -0.1) is 11.3 Å². The molecule has 2 nitrogen and oxygen atoms in total. The molecule has 1 saturated heterocycles. The van der Waals surface area contributed by atoms with Crippen molar-refractivity contribution < 1.29 is 0 Å². The van der Waals surface area contributed by atoms with Gasteiger partial charge in [0.15, 0.2) is 0 Å². The Morgan fingerprint density at radius 3 is 2.61 bits per heavy atom. The Labute approximate surface area is 115 Å². The molecule has 102 valence electrons. The number of hydrogen-bond donors (Lipinski definition) is 1. The first-order valence-corrected chi connectivity index (χ1v) is 8.04. The molecule has 0 amide bonds. The highest BCUT2D eigenvalue weighted by atomic mass is 32.1. The van der Waals surface area contributed by atoms with Crippen molar-refractivity contribution in [2.24, 2.45) is 17.6 Å². The molecular formula is C15H26N2S. The van der Waals surface area contributed by atoms with Crippen LogP contribution < -0.4 is 5.73 Å². The van der Waals surface area contributed by atoms with E-state index in [1.54, 1.807) is 0 Å². The van der Waals surface area contributed by atoms with Crippen molar-refractivity contribution in [1.82, 2.24) is 4.90 Å². The summed E-state index contributed by atoms with van der Waals surface area (Å²) < 4.78 is 0. The molecule has 0 spiro atoms. The maximum Gasteiger partial charge on any atom is 0.00915 e. The smallest absolute Gasteiger partial charge is 0.00915 e. The quantitative estimate of drug-likeness (QED) is 0.887. The van der Waals surface area contributed by atoms with Crippen LogP contribution in [0.15, 0.2) is 17.5 Å². The Morgan fingerprint density at radius 1 is 1.39 bits per heavy atom. The van der Waals surface area contributed by atoms with Crippen LogP contribution in [0.3, 0.4) is 0 Å². The van der Waals surface area contributed by atoms with Crippen LogP contribution in [0.25, 0.3) is 0 Å². The van der Waals surface area contributed by atoms with Crippen molar-refractivity contribution in [2.75, 3.05) is 26.2 Å². The summed E-state index contributed by atoms with van der Waals surface area (Å²) in [4.78, 5) is 4.10. The highest BCUT2D eigenvalue weighted by Gasteiger charge is 2.27. The zero-order chi connectivity index (χ0) is 13.0. The van der Waals surface area contributed by atoms with Crippen molar-refractivity contribution in [3.05, 3.63) is 22.4 Å². The van der Waals surface area contributed by atoms with E-state index in [9.17, 15) is 0 Å². The van der Waals surface area contributed by atoms with Crippen LogP contribution >= 0.6 is 11.3 Å². The molecule has 1 aliphatic heterocycles. The second-order valence-electron chi connectivity index (χ2n) is 5.89. The molecule has 1 aromatic heterocycles. The minimum absolute atomic E-state index is 0.589. The molecule has 2 rings (SSSR count). The lowest BCUT2D eigenvalue weighted by Crippen LogP contribution is -2.38. The molecule has 0 bridgehead atoms. The van der Waals surface area contributed by atoms with Crippen molar-refractivity contribution in [3.8, 4) is 0 Å². The van der Waals surface area contributed by atoms with Gasteiger partial charge in [0.1, 0.15) is 0 Å². The van der Waals surface area contributed by atoms with Crippen LogP contribution in [-0.2, 0) is 0 Å². The number of piperidine rings is 1. The third-order valence-corrected chi connectivity index (χ3v) is 4.99. The molecule has 0 aromatic carbocycles. The predicted octanol–water partition coefficient (Wildman–Crippen LogP) is 3.16. The lowest BCUT2D eigenvalue weighted by atomic mass is 9.83. The van der Waals surface area contributed by atoms with Crippen molar-refractivity contribution >= 4 is 11.3 Å². The lowest BCUT2D eigenvalue weighted by molar-refractivity contribution is 0.155. The monoisotopic (exact) mass is 266 g/mol. The first-order chi connectivity index (χ1) is 8.70. The average Bonchev–Trinajstić information content (AvgIpc) is 2.85. The summed E-state index contributed by atoms with van der Waals surface area (Å²) in [5, 5.41) is 2.17.